The Morgan fingerprint density at radius 1 is 0.810 bits per heavy atom. The average Bonchev–Trinajstić information content (AvgIpc) is 3.71. The molecule has 17 nitrogen and oxygen atoms in total. The molecular weight excluding hydrogens is 810 g/mol. The highest BCUT2D eigenvalue weighted by molar-refractivity contribution is 7.90. The summed E-state index contributed by atoms with van der Waals surface area (Å²) in [6, 6.07) is 21.3. The van der Waals surface area contributed by atoms with Gasteiger partial charge in [-0.25, -0.2) is 27.5 Å². The second-order valence-corrected chi connectivity index (χ2v) is 14.2. The van der Waals surface area contributed by atoms with Crippen molar-refractivity contribution in [2.75, 3.05) is 6.93 Å². The van der Waals surface area contributed by atoms with Gasteiger partial charge in [-0.1, -0.05) is 6.07 Å². The fraction of sp³-hybridized carbons (Fsp3) is 0.111. The molecule has 8 rings (SSSR count). The number of sulfonamides is 1. The zero-order chi connectivity index (χ0) is 40.5. The van der Waals surface area contributed by atoms with Crippen LogP contribution in [0.1, 0.15) is 17.0 Å². The molecule has 1 aliphatic rings. The number of benzene rings is 2. The predicted molar refractivity (Wildman–Crippen MR) is 208 cm³/mol. The van der Waals surface area contributed by atoms with E-state index in [9.17, 15) is 46.0 Å². The monoisotopic (exact) mass is 840 g/mol. The highest BCUT2D eigenvalue weighted by atomic mass is 32.2. The van der Waals surface area contributed by atoms with E-state index in [-0.39, 0.29) is 38.5 Å². The molecule has 4 N–H and O–H groups in total. The molecule has 0 bridgehead atoms. The van der Waals surface area contributed by atoms with E-state index in [0.29, 0.717) is 27.5 Å². The van der Waals surface area contributed by atoms with Crippen molar-refractivity contribution in [1.82, 2.24) is 27.6 Å². The van der Waals surface area contributed by atoms with Gasteiger partial charge < -0.3 is 20.7 Å². The van der Waals surface area contributed by atoms with E-state index in [1.54, 1.807) is 37.4 Å². The zero-order valence-electron chi connectivity index (χ0n) is 30.3. The second kappa shape index (κ2) is 17.5. The minimum absolute atomic E-state index is 0. The van der Waals surface area contributed by atoms with Gasteiger partial charge in [0.2, 0.25) is 18.6 Å². The Balaban J connectivity index is 0.000000234. The molecular formula is C36H31F3N8O9S2. The van der Waals surface area contributed by atoms with Gasteiger partial charge in [0.15, 0.2) is 11.9 Å². The van der Waals surface area contributed by atoms with Gasteiger partial charge in [-0.15, -0.1) is 0 Å². The Kier molecular flexibility index (Phi) is 13.2. The first kappa shape index (κ1) is 43.8. The third-order valence-corrected chi connectivity index (χ3v) is 10.6. The van der Waals surface area contributed by atoms with Crippen LogP contribution in [0.3, 0.4) is 0 Å². The van der Waals surface area contributed by atoms with Crippen LogP contribution < -0.4 is 27.2 Å². The van der Waals surface area contributed by atoms with Crippen LogP contribution in [-0.4, -0.2) is 59.6 Å². The van der Waals surface area contributed by atoms with E-state index in [1.807, 2.05) is 18.2 Å². The molecule has 302 valence electrons. The number of alkyl halides is 2. The van der Waals surface area contributed by atoms with Crippen molar-refractivity contribution >= 4 is 37.4 Å². The van der Waals surface area contributed by atoms with Gasteiger partial charge in [0.05, 0.1) is 32.7 Å². The highest BCUT2D eigenvalue weighted by Gasteiger charge is 2.33. The van der Waals surface area contributed by atoms with Crippen molar-refractivity contribution in [3.63, 3.8) is 0 Å². The molecule has 7 aromatic rings. The van der Waals surface area contributed by atoms with Crippen molar-refractivity contribution in [2.45, 2.75) is 11.8 Å². The number of fused-ring (bicyclic) bond motifs is 2. The van der Waals surface area contributed by atoms with Crippen LogP contribution in [0.5, 0.6) is 0 Å². The number of halogens is 3. The minimum atomic E-state index is -3.99. The number of aryl methyl sites for hydroxylation is 1. The molecule has 0 atom stereocenters. The summed E-state index contributed by atoms with van der Waals surface area (Å²) in [4.78, 5) is 53.6. The molecule has 6 heterocycles. The van der Waals surface area contributed by atoms with Crippen molar-refractivity contribution in [2.24, 2.45) is 18.5 Å². The summed E-state index contributed by atoms with van der Waals surface area (Å²) in [5.74, 6) is -0.876. The quantitative estimate of drug-likeness (QED) is 0.142. The van der Waals surface area contributed by atoms with E-state index in [1.165, 1.54) is 72.8 Å². The second-order valence-electron chi connectivity index (χ2n) is 11.8. The molecule has 0 saturated carbocycles. The highest BCUT2D eigenvalue weighted by Crippen LogP contribution is 2.31. The van der Waals surface area contributed by atoms with Crippen LogP contribution in [-0.2, 0) is 24.1 Å². The third kappa shape index (κ3) is 8.15. The summed E-state index contributed by atoms with van der Waals surface area (Å²) in [5, 5.41) is 12.9. The van der Waals surface area contributed by atoms with Gasteiger partial charge in [-0.2, -0.15) is 26.3 Å². The number of rotatable bonds is 4. The van der Waals surface area contributed by atoms with Crippen LogP contribution >= 0.6 is 11.5 Å². The lowest BCUT2D eigenvalue weighted by molar-refractivity contribution is -0.606. The number of aromatic nitrogens is 7. The van der Waals surface area contributed by atoms with Crippen LogP contribution in [0.15, 0.2) is 126 Å². The topological polar surface area (TPSA) is 250 Å². The first-order chi connectivity index (χ1) is 26.7. The summed E-state index contributed by atoms with van der Waals surface area (Å²) in [7, 11) is -1.18. The Labute approximate surface area is 328 Å². The Bertz CT molecular complexity index is 3060. The molecule has 0 radical (unpaired) electrons. The molecule has 58 heavy (non-hydrogen) atoms. The standard InChI is InChI=1S/C18H14N4O5S.C17H11FN4O2S.CH2F2.2H2O/c1-11-9-16(23)22(18(24)20(11)2)12-6-7-15-13(10-12)17(19-28(15,26)27)14-5-3-4-8-21(14)25;1-21-14(18)9-15(23)22(17(21)24)10-5-6-13-11(8-10)16(20-25-13)12-4-2-3-7-19-12;2-1-3;;/h3-10H,1-2H3;2-9H,1H3;1H2;2*1H2. The number of hydrogen-bond acceptors (Lipinski definition) is 10. The van der Waals surface area contributed by atoms with E-state index >= 15 is 0 Å². The maximum absolute atomic E-state index is 13.6. The van der Waals surface area contributed by atoms with Crippen LogP contribution in [0.25, 0.3) is 32.8 Å². The summed E-state index contributed by atoms with van der Waals surface area (Å²) in [6.07, 6.45) is 2.90. The fourth-order valence-corrected chi connectivity index (χ4v) is 7.61. The summed E-state index contributed by atoms with van der Waals surface area (Å²) < 4.78 is 71.1. The van der Waals surface area contributed by atoms with Crippen LogP contribution in [0.2, 0.25) is 0 Å². The summed E-state index contributed by atoms with van der Waals surface area (Å²) >= 11 is 1.31. The lowest BCUT2D eigenvalue weighted by Crippen LogP contribution is -2.38. The first-order valence-corrected chi connectivity index (χ1v) is 18.3. The molecule has 1 aliphatic heterocycles. The van der Waals surface area contributed by atoms with Crippen molar-refractivity contribution < 1.29 is 37.3 Å². The maximum Gasteiger partial charge on any atom is 0.337 e. The summed E-state index contributed by atoms with van der Waals surface area (Å²) in [6.45, 7) is -0.116. The van der Waals surface area contributed by atoms with Crippen molar-refractivity contribution in [3.05, 3.63) is 167 Å². The molecule has 2 aromatic carbocycles. The van der Waals surface area contributed by atoms with E-state index in [0.717, 1.165) is 29.9 Å². The smallest absolute Gasteiger partial charge is 0.337 e. The molecule has 22 heteroatoms. The van der Waals surface area contributed by atoms with Crippen molar-refractivity contribution in [3.8, 4) is 22.8 Å². The molecule has 0 unspecified atom stereocenters. The zero-order valence-corrected chi connectivity index (χ0v) is 32.0. The van der Waals surface area contributed by atoms with Crippen molar-refractivity contribution in [1.29, 1.82) is 0 Å². The van der Waals surface area contributed by atoms with E-state index < -0.39 is 45.4 Å². The number of hydrogen-bond donors (Lipinski definition) is 0. The fourth-order valence-electron chi connectivity index (χ4n) is 5.64. The Hall–Kier alpha value is -6.88. The molecule has 0 amide bonds. The largest absolute Gasteiger partial charge is 0.618 e. The number of pyridine rings is 2. The van der Waals surface area contributed by atoms with Gasteiger partial charge in [-0.05, 0) is 73.1 Å². The maximum atomic E-state index is 13.6. The average molecular weight is 841 g/mol. The van der Waals surface area contributed by atoms with Gasteiger partial charge >= 0.3 is 11.4 Å². The first-order valence-electron chi connectivity index (χ1n) is 16.1. The van der Waals surface area contributed by atoms with Crippen LogP contribution in [0.4, 0.5) is 13.2 Å². The van der Waals surface area contributed by atoms with Gasteiger partial charge in [0, 0.05) is 55.1 Å². The van der Waals surface area contributed by atoms with E-state index in [2.05, 4.69) is 13.8 Å². The molecule has 5 aromatic heterocycles. The van der Waals surface area contributed by atoms with Gasteiger partial charge in [0.25, 0.3) is 21.1 Å². The molecule has 0 fully saturated rings. The molecule has 0 spiro atoms. The molecule has 0 aliphatic carbocycles. The normalized spacial score (nSPS) is 12.1. The van der Waals surface area contributed by atoms with Gasteiger partial charge in [-0.3, -0.25) is 19.1 Å². The Morgan fingerprint density at radius 2 is 1.43 bits per heavy atom. The predicted octanol–water partition coefficient (Wildman–Crippen LogP) is 1.60. The number of nitrogens with zero attached hydrogens (tertiary/aromatic N) is 8. The lowest BCUT2D eigenvalue weighted by atomic mass is 10.1. The van der Waals surface area contributed by atoms with Gasteiger partial charge in [0.1, 0.15) is 5.69 Å². The third-order valence-electron chi connectivity index (χ3n) is 8.47. The molecule has 0 saturated heterocycles. The SMILES string of the molecule is Cc1cc(=O)n(-c2ccc3c(c2)C(c2cccc[n+]2[O-])=NS3(=O)=O)c(=O)n1C.Cn1c(F)cc(=O)n(-c2ccc3snc(-c4ccccn4)c3c2)c1=O.FCF.O.O. The minimum Gasteiger partial charge on any atom is -0.618 e. The Morgan fingerprint density at radius 3 is 2.09 bits per heavy atom. The van der Waals surface area contributed by atoms with Crippen LogP contribution in [0, 0.1) is 18.1 Å². The van der Waals surface area contributed by atoms with E-state index in [4.69, 9.17) is 0 Å². The summed E-state index contributed by atoms with van der Waals surface area (Å²) in [5.41, 5.74) is 0.000789. The lowest BCUT2D eigenvalue weighted by Gasteiger charge is -2.11.